The highest BCUT2D eigenvalue weighted by Gasteiger charge is 2.26. The highest BCUT2D eigenvalue weighted by atomic mass is 35.5. The predicted molar refractivity (Wildman–Crippen MR) is 122 cm³/mol. The first kappa shape index (κ1) is 23.6. The van der Waals surface area contributed by atoms with Gasteiger partial charge in [0, 0.05) is 18.5 Å². The van der Waals surface area contributed by atoms with Gasteiger partial charge < -0.3 is 10.1 Å². The molecule has 0 saturated carbocycles. The number of thiophene rings is 1. The molecular weight excluding hydrogens is 516 g/mol. The maximum Gasteiger partial charge on any atom is 0.346 e. The first-order valence-electron chi connectivity index (χ1n) is 9.17. The molecule has 0 amide bonds. The summed E-state index contributed by atoms with van der Waals surface area (Å²) < 4.78 is 54.7. The lowest BCUT2D eigenvalue weighted by atomic mass is 10.2. The molecule has 0 spiro atoms. The number of aromatic carboxylic acids is 1. The first-order valence-corrected chi connectivity index (χ1v) is 11.9. The number of carboxylic acid groups (broad SMARTS) is 1. The van der Waals surface area contributed by atoms with Crippen molar-refractivity contribution in [1.82, 2.24) is 9.55 Å². The third-order valence-corrected chi connectivity index (χ3v) is 7.97. The van der Waals surface area contributed by atoms with E-state index >= 15 is 0 Å². The van der Waals surface area contributed by atoms with Crippen LogP contribution < -0.4 is 15.6 Å². The van der Waals surface area contributed by atoms with Gasteiger partial charge in [0.2, 0.25) is 0 Å². The van der Waals surface area contributed by atoms with Crippen LogP contribution in [0.3, 0.4) is 0 Å². The Hall–Kier alpha value is -3.55. The fourth-order valence-corrected chi connectivity index (χ4v) is 5.52. The van der Waals surface area contributed by atoms with Gasteiger partial charge >= 0.3 is 11.7 Å². The minimum atomic E-state index is -4.46. The van der Waals surface area contributed by atoms with Crippen molar-refractivity contribution < 1.29 is 27.1 Å². The Morgan fingerprint density at radius 1 is 1.18 bits per heavy atom. The van der Waals surface area contributed by atoms with Crippen molar-refractivity contribution in [1.29, 1.82) is 0 Å². The molecular formula is C20H12ClF2N3O6S2. The van der Waals surface area contributed by atoms with Crippen LogP contribution in [0.25, 0.3) is 16.6 Å². The summed E-state index contributed by atoms with van der Waals surface area (Å²) in [6.07, 6.45) is 0. The number of aromatic amines is 1. The van der Waals surface area contributed by atoms with Crippen molar-refractivity contribution in [2.24, 2.45) is 0 Å². The Balaban J connectivity index is 1.92. The van der Waals surface area contributed by atoms with E-state index in [1.54, 1.807) is 0 Å². The number of carboxylic acids is 1. The van der Waals surface area contributed by atoms with Crippen molar-refractivity contribution in [3.8, 4) is 5.69 Å². The van der Waals surface area contributed by atoms with Crippen LogP contribution in [-0.2, 0) is 10.0 Å². The third-order valence-electron chi connectivity index (χ3n) is 4.91. The monoisotopic (exact) mass is 527 g/mol. The Kier molecular flexibility index (Phi) is 5.79. The van der Waals surface area contributed by atoms with E-state index in [9.17, 15) is 36.7 Å². The van der Waals surface area contributed by atoms with Crippen molar-refractivity contribution in [3.05, 3.63) is 84.2 Å². The number of rotatable bonds is 5. The van der Waals surface area contributed by atoms with Gasteiger partial charge in [-0.3, -0.25) is 9.10 Å². The largest absolute Gasteiger partial charge is 0.477 e. The van der Waals surface area contributed by atoms with Crippen LogP contribution in [0.4, 0.5) is 14.5 Å². The van der Waals surface area contributed by atoms with Crippen LogP contribution in [0.15, 0.2) is 56.3 Å². The van der Waals surface area contributed by atoms with Gasteiger partial charge in [-0.15, -0.1) is 11.3 Å². The molecule has 2 heterocycles. The van der Waals surface area contributed by atoms with Gasteiger partial charge in [-0.1, -0.05) is 11.6 Å². The second-order valence-electron chi connectivity index (χ2n) is 6.91. The van der Waals surface area contributed by atoms with E-state index in [4.69, 9.17) is 11.6 Å². The molecule has 2 aromatic carbocycles. The number of hydrogen-bond acceptors (Lipinski definition) is 6. The zero-order chi connectivity index (χ0) is 24.9. The molecule has 4 rings (SSSR count). The van der Waals surface area contributed by atoms with Gasteiger partial charge in [-0.25, -0.2) is 31.4 Å². The van der Waals surface area contributed by atoms with E-state index in [2.05, 4.69) is 4.98 Å². The molecule has 0 saturated heterocycles. The van der Waals surface area contributed by atoms with Crippen molar-refractivity contribution >= 4 is 55.5 Å². The number of fused-ring (bicyclic) bond motifs is 1. The molecule has 0 atom stereocenters. The van der Waals surface area contributed by atoms with E-state index < -0.39 is 49.5 Å². The lowest BCUT2D eigenvalue weighted by Gasteiger charge is -2.20. The number of halogens is 3. The Morgan fingerprint density at radius 3 is 2.53 bits per heavy atom. The fourth-order valence-electron chi connectivity index (χ4n) is 3.26. The summed E-state index contributed by atoms with van der Waals surface area (Å²) >= 11 is 6.89. The molecule has 34 heavy (non-hydrogen) atoms. The van der Waals surface area contributed by atoms with Crippen LogP contribution in [-0.4, -0.2) is 36.1 Å². The van der Waals surface area contributed by atoms with Crippen LogP contribution in [0.5, 0.6) is 0 Å². The van der Waals surface area contributed by atoms with E-state index in [1.165, 1.54) is 5.38 Å². The van der Waals surface area contributed by atoms with E-state index in [-0.39, 0.29) is 26.5 Å². The maximum absolute atomic E-state index is 14.2. The predicted octanol–water partition coefficient (Wildman–Crippen LogP) is 3.20. The van der Waals surface area contributed by atoms with Gasteiger partial charge in [-0.05, 0) is 30.3 Å². The molecule has 0 bridgehead atoms. The summed E-state index contributed by atoms with van der Waals surface area (Å²) in [6, 6.07) is 5.44. The number of sulfonamides is 1. The van der Waals surface area contributed by atoms with Crippen molar-refractivity contribution in [2.75, 3.05) is 11.4 Å². The molecule has 0 aliphatic heterocycles. The zero-order valence-electron chi connectivity index (χ0n) is 16.9. The van der Waals surface area contributed by atoms with Crippen LogP contribution >= 0.6 is 22.9 Å². The van der Waals surface area contributed by atoms with Gasteiger partial charge in [0.25, 0.3) is 15.6 Å². The number of benzene rings is 2. The molecule has 9 nitrogen and oxygen atoms in total. The van der Waals surface area contributed by atoms with Crippen molar-refractivity contribution in [3.63, 3.8) is 0 Å². The molecule has 2 aromatic heterocycles. The lowest BCUT2D eigenvalue weighted by molar-refractivity contribution is 0.0704. The Morgan fingerprint density at radius 2 is 1.88 bits per heavy atom. The summed E-state index contributed by atoms with van der Waals surface area (Å²) in [6.45, 7) is 0. The van der Waals surface area contributed by atoms with Crippen LogP contribution in [0.1, 0.15) is 9.67 Å². The summed E-state index contributed by atoms with van der Waals surface area (Å²) in [5.74, 6) is -3.41. The molecule has 0 aliphatic rings. The number of aromatic nitrogens is 2. The van der Waals surface area contributed by atoms with Gasteiger partial charge in [0.1, 0.15) is 16.5 Å². The third kappa shape index (κ3) is 3.77. The van der Waals surface area contributed by atoms with Crippen LogP contribution in [0.2, 0.25) is 5.02 Å². The highest BCUT2D eigenvalue weighted by Crippen LogP contribution is 2.29. The smallest absolute Gasteiger partial charge is 0.346 e. The SMILES string of the molecule is CN(c1ccc(F)cc1F)S(=O)(=O)c1ccc(Cl)c(-n2c(=O)[nH]c3csc(C(=O)O)c3c2=O)c1. The highest BCUT2D eigenvalue weighted by molar-refractivity contribution is 7.92. The molecule has 176 valence electrons. The maximum atomic E-state index is 14.2. The minimum absolute atomic E-state index is 0.0000620. The van der Waals surface area contributed by atoms with Crippen molar-refractivity contribution in [2.45, 2.75) is 4.90 Å². The molecule has 0 unspecified atom stereocenters. The molecule has 2 N–H and O–H groups in total. The van der Waals surface area contributed by atoms with E-state index in [1.807, 2.05) is 0 Å². The van der Waals surface area contributed by atoms with Gasteiger partial charge in [0.15, 0.2) is 0 Å². The summed E-state index contributed by atoms with van der Waals surface area (Å²) in [4.78, 5) is 38.8. The topological polar surface area (TPSA) is 130 Å². The number of hydrogen-bond donors (Lipinski definition) is 2. The lowest BCUT2D eigenvalue weighted by Crippen LogP contribution is -2.34. The number of carbonyl (C=O) groups is 1. The Labute approximate surface area is 198 Å². The number of anilines is 1. The zero-order valence-corrected chi connectivity index (χ0v) is 19.3. The molecule has 0 fully saturated rings. The first-order chi connectivity index (χ1) is 15.9. The van der Waals surface area contributed by atoms with Crippen LogP contribution in [0, 0.1) is 11.6 Å². The number of nitrogens with zero attached hydrogens (tertiary/aromatic N) is 2. The summed E-state index contributed by atoms with van der Waals surface area (Å²) in [7, 11) is -3.42. The normalized spacial score (nSPS) is 11.6. The number of nitrogens with one attached hydrogen (secondary N) is 1. The Bertz CT molecular complexity index is 1710. The van der Waals surface area contributed by atoms with E-state index in [0.717, 1.165) is 48.7 Å². The standard InChI is InChI=1S/C20H12ClF2N3O6S2/c1-25(14-5-2-9(22)6-12(14)23)34(31,32)10-3-4-11(21)15(7-10)26-18(27)16-13(24-20(26)30)8-33-17(16)19(28)29/h2-8H,1H3,(H,24,30)(H,28,29). The average molecular weight is 528 g/mol. The summed E-state index contributed by atoms with van der Waals surface area (Å²) in [5, 5.41) is 10.2. The van der Waals surface area contributed by atoms with Gasteiger partial charge in [0.05, 0.1) is 32.2 Å². The molecule has 0 radical (unpaired) electrons. The molecule has 4 aromatic rings. The molecule has 14 heteroatoms. The second kappa shape index (κ2) is 8.34. The average Bonchev–Trinajstić information content (AvgIpc) is 3.18. The second-order valence-corrected chi connectivity index (χ2v) is 10.2. The molecule has 0 aliphatic carbocycles. The van der Waals surface area contributed by atoms with E-state index in [0.29, 0.717) is 14.9 Å². The fraction of sp³-hybridized carbons (Fsp3) is 0.0500. The summed E-state index contributed by atoms with van der Waals surface area (Å²) in [5.41, 5.74) is -2.79. The quantitative estimate of drug-likeness (QED) is 0.410. The number of H-pyrrole nitrogens is 1. The van der Waals surface area contributed by atoms with Gasteiger partial charge in [-0.2, -0.15) is 0 Å². The minimum Gasteiger partial charge on any atom is -0.477 e.